The molecule has 0 saturated carbocycles. The van der Waals surface area contributed by atoms with Crippen LogP contribution in [0.1, 0.15) is 45.9 Å². The predicted molar refractivity (Wildman–Crippen MR) is 85.2 cm³/mol. The van der Waals surface area contributed by atoms with E-state index in [1.807, 2.05) is 40.7 Å². The second-order valence-electron chi connectivity index (χ2n) is 6.89. The molecular weight excluding hydrogens is 280 g/mol. The molecular formula is C17H26N2O3. The number of hydrogen-bond donors (Lipinski definition) is 0. The monoisotopic (exact) mass is 306 g/mol. The molecule has 0 spiro atoms. The molecule has 1 aliphatic heterocycles. The second kappa shape index (κ2) is 6.55. The van der Waals surface area contributed by atoms with Crippen LogP contribution in [0, 0.1) is 0 Å². The predicted octanol–water partition coefficient (Wildman–Crippen LogP) is 3.20. The van der Waals surface area contributed by atoms with Crippen LogP contribution in [0.2, 0.25) is 0 Å². The number of rotatable bonds is 2. The molecule has 0 fully saturated rings. The van der Waals surface area contributed by atoms with Crippen molar-refractivity contribution >= 4 is 6.09 Å². The van der Waals surface area contributed by atoms with Crippen molar-refractivity contribution < 1.29 is 14.3 Å². The van der Waals surface area contributed by atoms with Gasteiger partial charge in [0.25, 0.3) is 0 Å². The van der Waals surface area contributed by atoms with Gasteiger partial charge in [-0.05, 0) is 46.6 Å². The van der Waals surface area contributed by atoms with E-state index in [0.29, 0.717) is 19.0 Å². The quantitative estimate of drug-likeness (QED) is 0.842. The van der Waals surface area contributed by atoms with E-state index >= 15 is 0 Å². The third kappa shape index (κ3) is 4.61. The van der Waals surface area contributed by atoms with Gasteiger partial charge in [-0.2, -0.15) is 0 Å². The zero-order valence-electron chi connectivity index (χ0n) is 14.2. The molecule has 0 unspecified atom stereocenters. The van der Waals surface area contributed by atoms with Crippen LogP contribution < -0.4 is 4.74 Å². The summed E-state index contributed by atoms with van der Waals surface area (Å²) in [5.74, 6) is 0.652. The number of nitrogens with zero attached hydrogens (tertiary/aromatic N) is 2. The van der Waals surface area contributed by atoms with Gasteiger partial charge < -0.3 is 14.4 Å². The smallest absolute Gasteiger partial charge is 0.410 e. The number of ether oxygens (including phenoxy) is 2. The van der Waals surface area contributed by atoms with Gasteiger partial charge in [0.05, 0.1) is 6.10 Å². The largest absolute Gasteiger partial charge is 0.475 e. The molecule has 0 atom stereocenters. The molecule has 2 rings (SSSR count). The Hall–Kier alpha value is -1.78. The lowest BCUT2D eigenvalue weighted by atomic mass is 10.1. The molecule has 0 aliphatic carbocycles. The Morgan fingerprint density at radius 2 is 1.91 bits per heavy atom. The number of amides is 1. The number of aromatic nitrogens is 1. The molecule has 0 bridgehead atoms. The summed E-state index contributed by atoms with van der Waals surface area (Å²) in [7, 11) is 0. The first kappa shape index (κ1) is 16.6. The Morgan fingerprint density at radius 1 is 1.23 bits per heavy atom. The first-order valence-electron chi connectivity index (χ1n) is 7.88. The maximum Gasteiger partial charge on any atom is 0.410 e. The van der Waals surface area contributed by atoms with E-state index in [1.165, 1.54) is 5.56 Å². The van der Waals surface area contributed by atoms with E-state index in [4.69, 9.17) is 9.47 Å². The number of carbonyl (C=O) groups is 1. The number of hydrogen-bond acceptors (Lipinski definition) is 4. The average molecular weight is 306 g/mol. The van der Waals surface area contributed by atoms with Crippen molar-refractivity contribution in [1.29, 1.82) is 0 Å². The Balaban J connectivity index is 2.05. The highest BCUT2D eigenvalue weighted by atomic mass is 16.6. The lowest BCUT2D eigenvalue weighted by molar-refractivity contribution is 0.0258. The van der Waals surface area contributed by atoms with E-state index in [2.05, 4.69) is 11.1 Å². The van der Waals surface area contributed by atoms with Crippen LogP contribution in [0.25, 0.3) is 0 Å². The molecule has 22 heavy (non-hydrogen) atoms. The Labute approximate surface area is 132 Å². The van der Waals surface area contributed by atoms with Crippen LogP contribution in [0.15, 0.2) is 12.1 Å². The minimum absolute atomic E-state index is 0.106. The van der Waals surface area contributed by atoms with Gasteiger partial charge in [0, 0.05) is 31.3 Å². The molecule has 5 heteroatoms. The molecule has 2 heterocycles. The van der Waals surface area contributed by atoms with Crippen LogP contribution >= 0.6 is 0 Å². The normalized spacial score (nSPS) is 15.3. The van der Waals surface area contributed by atoms with E-state index < -0.39 is 5.60 Å². The maximum absolute atomic E-state index is 12.2. The van der Waals surface area contributed by atoms with Gasteiger partial charge in [-0.1, -0.05) is 6.07 Å². The number of carbonyl (C=O) groups excluding carboxylic acids is 1. The van der Waals surface area contributed by atoms with Gasteiger partial charge in [-0.25, -0.2) is 9.78 Å². The van der Waals surface area contributed by atoms with Gasteiger partial charge in [-0.3, -0.25) is 0 Å². The number of fused-ring (bicyclic) bond motifs is 1. The van der Waals surface area contributed by atoms with Crippen LogP contribution in [-0.4, -0.2) is 40.8 Å². The number of pyridine rings is 1. The Kier molecular flexibility index (Phi) is 4.94. The molecule has 122 valence electrons. The topological polar surface area (TPSA) is 51.7 Å². The SMILES string of the molecule is CC(C)Oc1ccc2c(n1)CCN(C(=O)OC(C)(C)C)CC2. The van der Waals surface area contributed by atoms with E-state index in [0.717, 1.165) is 18.5 Å². The minimum Gasteiger partial charge on any atom is -0.475 e. The summed E-state index contributed by atoms with van der Waals surface area (Å²) in [5, 5.41) is 0. The molecule has 1 amide bonds. The van der Waals surface area contributed by atoms with Crippen molar-refractivity contribution in [1.82, 2.24) is 9.88 Å². The molecule has 1 aliphatic rings. The van der Waals surface area contributed by atoms with Crippen LogP contribution in [0.3, 0.4) is 0 Å². The third-order valence-corrected chi connectivity index (χ3v) is 3.32. The van der Waals surface area contributed by atoms with Crippen molar-refractivity contribution in [3.05, 3.63) is 23.4 Å². The first-order valence-corrected chi connectivity index (χ1v) is 7.88. The van der Waals surface area contributed by atoms with E-state index in [1.54, 1.807) is 4.90 Å². The molecule has 1 aromatic rings. The minimum atomic E-state index is -0.466. The van der Waals surface area contributed by atoms with Crippen LogP contribution in [0.5, 0.6) is 5.88 Å². The molecule has 0 aromatic carbocycles. The van der Waals surface area contributed by atoms with Crippen molar-refractivity contribution in [2.45, 2.75) is 59.2 Å². The van der Waals surface area contributed by atoms with Gasteiger partial charge in [-0.15, -0.1) is 0 Å². The highest BCUT2D eigenvalue weighted by Gasteiger charge is 2.24. The zero-order valence-corrected chi connectivity index (χ0v) is 14.2. The van der Waals surface area contributed by atoms with Crippen molar-refractivity contribution in [2.24, 2.45) is 0 Å². The van der Waals surface area contributed by atoms with Gasteiger partial charge in [0.2, 0.25) is 5.88 Å². The fourth-order valence-corrected chi connectivity index (χ4v) is 2.38. The summed E-state index contributed by atoms with van der Waals surface area (Å²) in [6.45, 7) is 10.9. The maximum atomic E-state index is 12.2. The van der Waals surface area contributed by atoms with E-state index in [-0.39, 0.29) is 12.2 Å². The van der Waals surface area contributed by atoms with Gasteiger partial charge >= 0.3 is 6.09 Å². The molecule has 0 saturated heterocycles. The van der Waals surface area contributed by atoms with Gasteiger partial charge in [0.15, 0.2) is 0 Å². The lowest BCUT2D eigenvalue weighted by Gasteiger charge is -2.26. The lowest BCUT2D eigenvalue weighted by Crippen LogP contribution is -2.38. The Bertz CT molecular complexity index is 535. The summed E-state index contributed by atoms with van der Waals surface area (Å²) in [6.07, 6.45) is 1.38. The first-order chi connectivity index (χ1) is 10.2. The van der Waals surface area contributed by atoms with Crippen molar-refractivity contribution in [2.75, 3.05) is 13.1 Å². The highest BCUT2D eigenvalue weighted by molar-refractivity contribution is 5.68. The Morgan fingerprint density at radius 3 is 2.55 bits per heavy atom. The summed E-state index contributed by atoms with van der Waals surface area (Å²) >= 11 is 0. The summed E-state index contributed by atoms with van der Waals surface area (Å²) in [4.78, 5) is 18.5. The second-order valence-corrected chi connectivity index (χ2v) is 6.89. The van der Waals surface area contributed by atoms with Crippen molar-refractivity contribution in [3.8, 4) is 5.88 Å². The third-order valence-electron chi connectivity index (χ3n) is 3.32. The molecule has 1 aromatic heterocycles. The highest BCUT2D eigenvalue weighted by Crippen LogP contribution is 2.20. The van der Waals surface area contributed by atoms with E-state index in [9.17, 15) is 4.79 Å². The average Bonchev–Trinajstić information content (AvgIpc) is 2.58. The molecule has 5 nitrogen and oxygen atoms in total. The fourth-order valence-electron chi connectivity index (χ4n) is 2.38. The summed E-state index contributed by atoms with van der Waals surface area (Å²) in [5.41, 5.74) is 1.73. The summed E-state index contributed by atoms with van der Waals surface area (Å²) in [6, 6.07) is 3.96. The van der Waals surface area contributed by atoms with Crippen LogP contribution in [-0.2, 0) is 17.6 Å². The standard InChI is InChI=1S/C17H26N2O3/c1-12(2)21-15-7-6-13-8-10-19(11-9-14(13)18-15)16(20)22-17(3,4)5/h6-7,12H,8-11H2,1-5H3. The summed E-state index contributed by atoms with van der Waals surface area (Å²) < 4.78 is 11.1. The van der Waals surface area contributed by atoms with Gasteiger partial charge in [0.1, 0.15) is 5.60 Å². The molecule has 0 N–H and O–H groups in total. The fraction of sp³-hybridized carbons (Fsp3) is 0.647. The zero-order chi connectivity index (χ0) is 16.3. The van der Waals surface area contributed by atoms with Crippen molar-refractivity contribution in [3.63, 3.8) is 0 Å². The van der Waals surface area contributed by atoms with Crippen LogP contribution in [0.4, 0.5) is 4.79 Å². The molecule has 0 radical (unpaired) electrons.